The van der Waals surface area contributed by atoms with Crippen LogP contribution in [-0.4, -0.2) is 11.1 Å². The summed E-state index contributed by atoms with van der Waals surface area (Å²) in [5.74, 6) is 0.629. The topological polar surface area (TPSA) is 45.9 Å². The van der Waals surface area contributed by atoms with Gasteiger partial charge in [0.05, 0.1) is 16.5 Å². The van der Waals surface area contributed by atoms with Crippen molar-refractivity contribution >= 4 is 11.3 Å². The van der Waals surface area contributed by atoms with Crippen LogP contribution < -0.4 is 4.74 Å². The number of nitriles is 1. The smallest absolute Gasteiger partial charge is 0.137 e. The van der Waals surface area contributed by atoms with E-state index in [1.54, 1.807) is 11.3 Å². The van der Waals surface area contributed by atoms with Crippen LogP contribution in [0.25, 0.3) is 21.0 Å². The molecule has 0 saturated carbocycles. The molecule has 3 aromatic rings. The first-order valence-electron chi connectivity index (χ1n) is 9.35. The van der Waals surface area contributed by atoms with Crippen molar-refractivity contribution in [2.45, 2.75) is 46.1 Å². The maximum absolute atomic E-state index is 9.48. The number of benzene rings is 2. The molecule has 0 atom stereocenters. The number of aryl methyl sites for hydroxylation is 2. The fourth-order valence-corrected chi connectivity index (χ4v) is 4.68. The van der Waals surface area contributed by atoms with Crippen LogP contribution in [-0.2, 0) is 12.8 Å². The van der Waals surface area contributed by atoms with Crippen molar-refractivity contribution < 1.29 is 4.74 Å². The molecule has 2 aromatic carbocycles. The van der Waals surface area contributed by atoms with Crippen molar-refractivity contribution in [2.75, 3.05) is 0 Å². The summed E-state index contributed by atoms with van der Waals surface area (Å²) in [5.41, 5.74) is 7.11. The quantitative estimate of drug-likeness (QED) is 0.568. The summed E-state index contributed by atoms with van der Waals surface area (Å²) in [7, 11) is 0. The highest BCUT2D eigenvalue weighted by Gasteiger charge is 2.18. The molecule has 0 amide bonds. The summed E-state index contributed by atoms with van der Waals surface area (Å²) in [5, 5.41) is 10.4. The lowest BCUT2D eigenvalue weighted by Gasteiger charge is -2.11. The van der Waals surface area contributed by atoms with Crippen molar-refractivity contribution in [1.82, 2.24) is 4.98 Å². The second kappa shape index (κ2) is 7.17. The molecule has 4 heteroatoms. The Morgan fingerprint density at radius 1 is 1.19 bits per heavy atom. The van der Waals surface area contributed by atoms with Crippen LogP contribution in [0, 0.1) is 18.3 Å². The van der Waals surface area contributed by atoms with Gasteiger partial charge in [0.1, 0.15) is 16.8 Å². The van der Waals surface area contributed by atoms with Crippen molar-refractivity contribution in [2.24, 2.45) is 0 Å². The summed E-state index contributed by atoms with van der Waals surface area (Å²) in [4.78, 5) is 5.85. The van der Waals surface area contributed by atoms with E-state index in [0.717, 1.165) is 17.0 Å². The zero-order chi connectivity index (χ0) is 19.0. The lowest BCUT2D eigenvalue weighted by Crippen LogP contribution is -2.06. The summed E-state index contributed by atoms with van der Waals surface area (Å²) in [6, 6.07) is 12.6. The summed E-state index contributed by atoms with van der Waals surface area (Å²) < 4.78 is 5.73. The van der Waals surface area contributed by atoms with Crippen molar-refractivity contribution in [3.63, 3.8) is 0 Å². The molecule has 1 aliphatic carbocycles. The largest absolute Gasteiger partial charge is 0.490 e. The zero-order valence-electron chi connectivity index (χ0n) is 15.9. The minimum atomic E-state index is 0.0397. The molecule has 136 valence electrons. The van der Waals surface area contributed by atoms with Crippen LogP contribution in [0.5, 0.6) is 5.75 Å². The van der Waals surface area contributed by atoms with Gasteiger partial charge in [-0.05, 0) is 74.9 Å². The van der Waals surface area contributed by atoms with Crippen LogP contribution in [0.2, 0.25) is 0 Å². The van der Waals surface area contributed by atoms with E-state index in [1.165, 1.54) is 40.0 Å². The van der Waals surface area contributed by atoms with Gasteiger partial charge in [0.15, 0.2) is 0 Å². The van der Waals surface area contributed by atoms with E-state index in [2.05, 4.69) is 30.1 Å². The number of nitrogens with zero attached hydrogens (tertiary/aromatic N) is 2. The standard InChI is InChI=1S/C23H22N2OS/c1-14(2)26-21-8-7-17(11-18(21)12-24)23-25-13-22(27-23)20-10-15(3)9-16-5-4-6-19(16)20/h7-11,13-14H,4-6H2,1-3H3. The molecule has 0 radical (unpaired) electrons. The van der Waals surface area contributed by atoms with Gasteiger partial charge >= 0.3 is 0 Å². The van der Waals surface area contributed by atoms with E-state index >= 15 is 0 Å². The molecule has 0 fully saturated rings. The molecule has 1 aromatic heterocycles. The van der Waals surface area contributed by atoms with Gasteiger partial charge in [-0.15, -0.1) is 11.3 Å². The molecule has 1 heterocycles. The Bertz CT molecular complexity index is 1040. The Kier molecular flexibility index (Phi) is 4.72. The minimum absolute atomic E-state index is 0.0397. The highest BCUT2D eigenvalue weighted by Crippen LogP contribution is 2.39. The first-order chi connectivity index (χ1) is 13.0. The minimum Gasteiger partial charge on any atom is -0.490 e. The van der Waals surface area contributed by atoms with Crippen LogP contribution in [0.3, 0.4) is 0 Å². The SMILES string of the molecule is Cc1cc2c(c(-c3cnc(-c4ccc(OC(C)C)c(C#N)c4)s3)c1)CCC2. The summed E-state index contributed by atoms with van der Waals surface area (Å²) in [6.07, 6.45) is 5.58. The molecule has 0 bridgehead atoms. The Balaban J connectivity index is 1.71. The first-order valence-corrected chi connectivity index (χ1v) is 10.2. The van der Waals surface area contributed by atoms with Crippen LogP contribution in [0.15, 0.2) is 36.5 Å². The van der Waals surface area contributed by atoms with E-state index in [1.807, 2.05) is 38.2 Å². The second-order valence-electron chi connectivity index (χ2n) is 7.32. The molecule has 0 spiro atoms. The summed E-state index contributed by atoms with van der Waals surface area (Å²) >= 11 is 1.69. The third-order valence-corrected chi connectivity index (χ3v) is 5.92. The van der Waals surface area contributed by atoms with Gasteiger partial charge in [0.25, 0.3) is 0 Å². The first kappa shape index (κ1) is 17.8. The van der Waals surface area contributed by atoms with Gasteiger partial charge in [-0.25, -0.2) is 4.98 Å². The van der Waals surface area contributed by atoms with E-state index in [0.29, 0.717) is 11.3 Å². The maximum Gasteiger partial charge on any atom is 0.137 e. The Hall–Kier alpha value is -2.64. The Morgan fingerprint density at radius 3 is 2.81 bits per heavy atom. The van der Waals surface area contributed by atoms with Crippen LogP contribution in [0.4, 0.5) is 0 Å². The molecule has 27 heavy (non-hydrogen) atoms. The van der Waals surface area contributed by atoms with Gasteiger partial charge in [0, 0.05) is 11.8 Å². The number of hydrogen-bond acceptors (Lipinski definition) is 4. The lowest BCUT2D eigenvalue weighted by molar-refractivity contribution is 0.242. The van der Waals surface area contributed by atoms with Gasteiger partial charge < -0.3 is 4.74 Å². The van der Waals surface area contributed by atoms with E-state index in [4.69, 9.17) is 4.74 Å². The highest BCUT2D eigenvalue weighted by atomic mass is 32.1. The fraction of sp³-hybridized carbons (Fsp3) is 0.304. The lowest BCUT2D eigenvalue weighted by atomic mass is 9.99. The molecule has 0 N–H and O–H groups in total. The molecule has 4 rings (SSSR count). The number of fused-ring (bicyclic) bond motifs is 1. The Morgan fingerprint density at radius 2 is 2.04 bits per heavy atom. The maximum atomic E-state index is 9.48. The number of thiazole rings is 1. The number of ether oxygens (including phenoxy) is 1. The van der Waals surface area contributed by atoms with Crippen molar-refractivity contribution in [3.8, 4) is 32.8 Å². The van der Waals surface area contributed by atoms with Crippen molar-refractivity contribution in [1.29, 1.82) is 5.26 Å². The molecule has 0 aliphatic heterocycles. The molecule has 0 saturated heterocycles. The molecular weight excluding hydrogens is 352 g/mol. The predicted molar refractivity (Wildman–Crippen MR) is 110 cm³/mol. The highest BCUT2D eigenvalue weighted by molar-refractivity contribution is 7.18. The molecule has 0 unspecified atom stereocenters. The molecular formula is C23H22N2OS. The van der Waals surface area contributed by atoms with Gasteiger partial charge in [0.2, 0.25) is 0 Å². The van der Waals surface area contributed by atoms with Gasteiger partial charge in [-0.1, -0.05) is 17.7 Å². The third kappa shape index (κ3) is 3.48. The zero-order valence-corrected chi connectivity index (χ0v) is 16.7. The fourth-order valence-electron chi connectivity index (χ4n) is 3.72. The Labute approximate surface area is 164 Å². The predicted octanol–water partition coefficient (Wildman–Crippen LogP) is 5.93. The van der Waals surface area contributed by atoms with Crippen LogP contribution >= 0.6 is 11.3 Å². The molecule has 3 nitrogen and oxygen atoms in total. The average molecular weight is 375 g/mol. The van der Waals surface area contributed by atoms with Crippen molar-refractivity contribution in [3.05, 3.63) is 58.8 Å². The van der Waals surface area contributed by atoms with E-state index in [-0.39, 0.29) is 6.10 Å². The van der Waals surface area contributed by atoms with E-state index < -0.39 is 0 Å². The van der Waals surface area contributed by atoms with Gasteiger partial charge in [-0.3, -0.25) is 0 Å². The molecule has 1 aliphatic rings. The monoisotopic (exact) mass is 374 g/mol. The number of rotatable bonds is 4. The van der Waals surface area contributed by atoms with Crippen LogP contribution in [0.1, 0.15) is 42.5 Å². The number of aromatic nitrogens is 1. The second-order valence-corrected chi connectivity index (χ2v) is 8.35. The van der Waals surface area contributed by atoms with E-state index in [9.17, 15) is 5.26 Å². The third-order valence-electron chi connectivity index (χ3n) is 4.84. The normalized spacial score (nSPS) is 12.9. The number of hydrogen-bond donors (Lipinski definition) is 0. The average Bonchev–Trinajstić information content (AvgIpc) is 3.30. The van der Waals surface area contributed by atoms with Gasteiger partial charge in [-0.2, -0.15) is 5.26 Å². The summed E-state index contributed by atoms with van der Waals surface area (Å²) in [6.45, 7) is 6.08.